The third-order valence-corrected chi connectivity index (χ3v) is 3.71. The summed E-state index contributed by atoms with van der Waals surface area (Å²) in [7, 11) is 0. The lowest BCUT2D eigenvalue weighted by Crippen LogP contribution is -2.20. The molecule has 0 aliphatic rings. The molecule has 2 aromatic carbocycles. The van der Waals surface area contributed by atoms with E-state index in [1.54, 1.807) is 24.3 Å². The van der Waals surface area contributed by atoms with Gasteiger partial charge < -0.3 is 16.3 Å². The van der Waals surface area contributed by atoms with Crippen molar-refractivity contribution in [3.63, 3.8) is 0 Å². The number of rotatable bonds is 5. The molecule has 0 unspecified atom stereocenters. The van der Waals surface area contributed by atoms with E-state index < -0.39 is 0 Å². The minimum atomic E-state index is -0.151. The summed E-state index contributed by atoms with van der Waals surface area (Å²) in [6.07, 6.45) is 0. The molecule has 4 N–H and O–H groups in total. The minimum absolute atomic E-state index is 0.0402. The molecule has 0 aliphatic carbocycles. The zero-order valence-corrected chi connectivity index (χ0v) is 12.0. The van der Waals surface area contributed by atoms with Gasteiger partial charge in [-0.15, -0.1) is 11.8 Å². The second-order valence-electron chi connectivity index (χ2n) is 4.18. The number of hydrogen-bond donors (Lipinski definition) is 3. The van der Waals surface area contributed by atoms with Gasteiger partial charge in [-0.05, 0) is 24.3 Å². The number of anilines is 1. The first-order valence-electron chi connectivity index (χ1n) is 6.25. The Morgan fingerprint density at radius 1 is 1.14 bits per heavy atom. The maximum Gasteiger partial charge on any atom is 0.234 e. The maximum absolute atomic E-state index is 12.0. The van der Waals surface area contributed by atoms with Gasteiger partial charge in [0.05, 0.1) is 11.4 Å². The Morgan fingerprint density at radius 2 is 1.81 bits per heavy atom. The minimum Gasteiger partial charge on any atom is -0.409 e. The number of para-hydroxylation sites is 1. The summed E-state index contributed by atoms with van der Waals surface area (Å²) in [5.74, 6) is 0.0952. The zero-order chi connectivity index (χ0) is 15.1. The molecular formula is C15H15N3O2S. The lowest BCUT2D eigenvalue weighted by molar-refractivity contribution is -0.113. The fourth-order valence-corrected chi connectivity index (χ4v) is 2.44. The molecule has 6 heteroatoms. The number of nitrogens with one attached hydrogen (secondary N) is 1. The van der Waals surface area contributed by atoms with Gasteiger partial charge in [0.1, 0.15) is 0 Å². The average molecular weight is 301 g/mol. The first kappa shape index (κ1) is 14.9. The van der Waals surface area contributed by atoms with E-state index in [4.69, 9.17) is 10.9 Å². The highest BCUT2D eigenvalue weighted by molar-refractivity contribution is 8.00. The van der Waals surface area contributed by atoms with Crippen LogP contribution in [0.3, 0.4) is 0 Å². The van der Waals surface area contributed by atoms with Crippen molar-refractivity contribution >= 4 is 29.2 Å². The summed E-state index contributed by atoms with van der Waals surface area (Å²) in [6, 6.07) is 16.6. The zero-order valence-electron chi connectivity index (χ0n) is 11.2. The number of amides is 1. The molecule has 0 fully saturated rings. The summed E-state index contributed by atoms with van der Waals surface area (Å²) in [5, 5.41) is 14.5. The number of thioether (sulfide) groups is 1. The summed E-state index contributed by atoms with van der Waals surface area (Å²) in [5.41, 5.74) is 6.58. The van der Waals surface area contributed by atoms with Gasteiger partial charge >= 0.3 is 0 Å². The first-order chi connectivity index (χ1) is 10.2. The van der Waals surface area contributed by atoms with Crippen LogP contribution in [-0.2, 0) is 4.79 Å². The number of hydrogen-bond acceptors (Lipinski definition) is 4. The van der Waals surface area contributed by atoms with Crippen LogP contribution in [0.1, 0.15) is 5.56 Å². The number of oxime groups is 1. The van der Waals surface area contributed by atoms with Crippen molar-refractivity contribution in [2.24, 2.45) is 10.9 Å². The Balaban J connectivity index is 2.00. The molecule has 0 bridgehead atoms. The number of benzene rings is 2. The van der Waals surface area contributed by atoms with Gasteiger partial charge in [-0.3, -0.25) is 4.79 Å². The van der Waals surface area contributed by atoms with Crippen LogP contribution in [-0.4, -0.2) is 22.7 Å². The second kappa shape index (κ2) is 7.35. The Kier molecular flexibility index (Phi) is 5.22. The van der Waals surface area contributed by atoms with Gasteiger partial charge in [0.2, 0.25) is 5.91 Å². The molecule has 0 saturated carbocycles. The quantitative estimate of drug-likeness (QED) is 0.260. The number of nitrogens with two attached hydrogens (primary N) is 1. The van der Waals surface area contributed by atoms with Gasteiger partial charge in [-0.25, -0.2) is 0 Å². The van der Waals surface area contributed by atoms with Crippen molar-refractivity contribution in [1.29, 1.82) is 0 Å². The lowest BCUT2D eigenvalue weighted by atomic mass is 10.1. The predicted octanol–water partition coefficient (Wildman–Crippen LogP) is 2.51. The Labute approximate surface area is 126 Å². The molecule has 2 aromatic rings. The molecule has 0 aliphatic heterocycles. The van der Waals surface area contributed by atoms with Crippen LogP contribution >= 0.6 is 11.8 Å². The first-order valence-corrected chi connectivity index (χ1v) is 7.24. The predicted molar refractivity (Wildman–Crippen MR) is 84.7 cm³/mol. The SMILES string of the molecule is NC(=NO)c1ccccc1NC(=O)CSc1ccccc1. The molecule has 0 saturated heterocycles. The van der Waals surface area contributed by atoms with Crippen molar-refractivity contribution in [2.75, 3.05) is 11.1 Å². The summed E-state index contributed by atoms with van der Waals surface area (Å²) in [4.78, 5) is 13.0. The Morgan fingerprint density at radius 3 is 2.52 bits per heavy atom. The molecule has 108 valence electrons. The molecule has 21 heavy (non-hydrogen) atoms. The highest BCUT2D eigenvalue weighted by Gasteiger charge is 2.09. The van der Waals surface area contributed by atoms with Crippen LogP contribution in [0.4, 0.5) is 5.69 Å². The van der Waals surface area contributed by atoms with Crippen LogP contribution in [0.25, 0.3) is 0 Å². The van der Waals surface area contributed by atoms with E-state index in [9.17, 15) is 4.79 Å². The number of carbonyl (C=O) groups excluding carboxylic acids is 1. The third kappa shape index (κ3) is 4.25. The lowest BCUT2D eigenvalue weighted by Gasteiger charge is -2.09. The standard InChI is InChI=1S/C15H15N3O2S/c16-15(18-20)12-8-4-5-9-13(12)17-14(19)10-21-11-6-2-1-3-7-11/h1-9,20H,10H2,(H2,16,18)(H,17,19). The van der Waals surface area contributed by atoms with E-state index in [2.05, 4.69) is 10.5 Å². The average Bonchev–Trinajstić information content (AvgIpc) is 2.54. The molecule has 5 nitrogen and oxygen atoms in total. The number of amidine groups is 1. The van der Waals surface area contributed by atoms with Crippen molar-refractivity contribution in [3.8, 4) is 0 Å². The summed E-state index contributed by atoms with van der Waals surface area (Å²) < 4.78 is 0. The van der Waals surface area contributed by atoms with Crippen molar-refractivity contribution in [1.82, 2.24) is 0 Å². The molecule has 1 amide bonds. The molecule has 0 heterocycles. The van der Waals surface area contributed by atoms with Crippen LogP contribution in [0.5, 0.6) is 0 Å². The largest absolute Gasteiger partial charge is 0.409 e. The molecule has 0 spiro atoms. The van der Waals surface area contributed by atoms with Crippen LogP contribution in [0.15, 0.2) is 64.6 Å². The van der Waals surface area contributed by atoms with E-state index in [-0.39, 0.29) is 17.5 Å². The van der Waals surface area contributed by atoms with Crippen LogP contribution in [0.2, 0.25) is 0 Å². The van der Waals surface area contributed by atoms with Gasteiger partial charge in [0.15, 0.2) is 5.84 Å². The maximum atomic E-state index is 12.0. The van der Waals surface area contributed by atoms with Crippen LogP contribution in [0, 0.1) is 0 Å². The van der Waals surface area contributed by atoms with E-state index in [1.807, 2.05) is 30.3 Å². The highest BCUT2D eigenvalue weighted by Crippen LogP contribution is 2.19. The normalized spacial score (nSPS) is 11.1. The molecule has 0 aromatic heterocycles. The third-order valence-electron chi connectivity index (χ3n) is 2.70. The Bertz CT molecular complexity index is 644. The number of nitrogens with zero attached hydrogens (tertiary/aromatic N) is 1. The number of carbonyl (C=O) groups is 1. The fourth-order valence-electron chi connectivity index (χ4n) is 1.72. The second-order valence-corrected chi connectivity index (χ2v) is 5.23. The Hall–Kier alpha value is -2.47. The monoisotopic (exact) mass is 301 g/mol. The van der Waals surface area contributed by atoms with Gasteiger partial charge in [-0.1, -0.05) is 35.5 Å². The molecule has 0 atom stereocenters. The van der Waals surface area contributed by atoms with E-state index in [1.165, 1.54) is 11.8 Å². The van der Waals surface area contributed by atoms with E-state index >= 15 is 0 Å². The molecule has 2 rings (SSSR count). The topological polar surface area (TPSA) is 87.7 Å². The summed E-state index contributed by atoms with van der Waals surface area (Å²) in [6.45, 7) is 0. The van der Waals surface area contributed by atoms with Crippen molar-refractivity contribution in [2.45, 2.75) is 4.90 Å². The van der Waals surface area contributed by atoms with Crippen molar-refractivity contribution in [3.05, 3.63) is 60.2 Å². The molecular weight excluding hydrogens is 286 g/mol. The van der Waals surface area contributed by atoms with Crippen molar-refractivity contribution < 1.29 is 10.0 Å². The smallest absolute Gasteiger partial charge is 0.234 e. The van der Waals surface area contributed by atoms with Crippen LogP contribution < -0.4 is 11.1 Å². The van der Waals surface area contributed by atoms with Gasteiger partial charge in [0.25, 0.3) is 0 Å². The highest BCUT2D eigenvalue weighted by atomic mass is 32.2. The van der Waals surface area contributed by atoms with Gasteiger partial charge in [0, 0.05) is 10.5 Å². The van der Waals surface area contributed by atoms with E-state index in [0.717, 1.165) is 4.90 Å². The van der Waals surface area contributed by atoms with Gasteiger partial charge in [-0.2, -0.15) is 0 Å². The fraction of sp³-hybridized carbons (Fsp3) is 0.0667. The van der Waals surface area contributed by atoms with E-state index in [0.29, 0.717) is 11.3 Å². The summed E-state index contributed by atoms with van der Waals surface area (Å²) >= 11 is 1.44. The molecule has 0 radical (unpaired) electrons.